The van der Waals surface area contributed by atoms with Crippen molar-refractivity contribution in [3.05, 3.63) is 67.0 Å². The number of aryl methyl sites for hydroxylation is 1. The topological polar surface area (TPSA) is 48.0 Å². The first-order chi connectivity index (χ1) is 9.40. The lowest BCUT2D eigenvalue weighted by Crippen LogP contribution is -2.30. The largest absolute Gasteiger partial charge is 0.389 e. The average molecular weight is 372 g/mol. The molecule has 0 unspecified atom stereocenters. The lowest BCUT2D eigenvalue weighted by Gasteiger charge is -2.13. The molecular formula is C14H12BrClN2OS. The van der Waals surface area contributed by atoms with Crippen molar-refractivity contribution in [1.29, 1.82) is 0 Å². The molecule has 0 fully saturated rings. The molecule has 2 N–H and O–H groups in total. The Bertz CT molecular complexity index is 742. The summed E-state index contributed by atoms with van der Waals surface area (Å²) < 4.78 is 2.51. The van der Waals surface area contributed by atoms with Crippen molar-refractivity contribution in [3.8, 4) is 0 Å². The number of nitrogens with zero attached hydrogens (tertiary/aromatic N) is 1. The fourth-order valence-electron chi connectivity index (χ4n) is 1.88. The molecule has 6 heteroatoms. The second kappa shape index (κ2) is 6.08. The van der Waals surface area contributed by atoms with Crippen molar-refractivity contribution >= 4 is 44.7 Å². The summed E-state index contributed by atoms with van der Waals surface area (Å²) in [6.45, 7) is 2.24. The predicted molar refractivity (Wildman–Crippen MR) is 89.6 cm³/mol. The summed E-state index contributed by atoms with van der Waals surface area (Å²) >= 11 is 14.4. The maximum Gasteiger partial charge on any atom is 0.261 e. The second-order valence-electron chi connectivity index (χ2n) is 4.38. The van der Waals surface area contributed by atoms with Crippen molar-refractivity contribution in [2.45, 2.75) is 13.5 Å². The Morgan fingerprint density at radius 3 is 2.70 bits per heavy atom. The van der Waals surface area contributed by atoms with Gasteiger partial charge in [-0.3, -0.25) is 4.79 Å². The van der Waals surface area contributed by atoms with Crippen molar-refractivity contribution in [2.24, 2.45) is 5.73 Å². The smallest absolute Gasteiger partial charge is 0.261 e. The van der Waals surface area contributed by atoms with Crippen LogP contribution >= 0.6 is 39.7 Å². The van der Waals surface area contributed by atoms with Gasteiger partial charge in [0.1, 0.15) is 4.99 Å². The molecule has 0 radical (unpaired) electrons. The molecule has 20 heavy (non-hydrogen) atoms. The van der Waals surface area contributed by atoms with Crippen LogP contribution in [0.5, 0.6) is 0 Å². The van der Waals surface area contributed by atoms with Crippen molar-refractivity contribution in [3.63, 3.8) is 0 Å². The Balaban J connectivity index is 2.51. The number of halogens is 2. The maximum atomic E-state index is 12.4. The van der Waals surface area contributed by atoms with E-state index < -0.39 is 0 Å². The van der Waals surface area contributed by atoms with Crippen LogP contribution in [-0.4, -0.2) is 9.56 Å². The predicted octanol–water partition coefficient (Wildman–Crippen LogP) is 3.26. The van der Waals surface area contributed by atoms with Gasteiger partial charge in [-0.15, -0.1) is 0 Å². The van der Waals surface area contributed by atoms with E-state index in [1.54, 1.807) is 16.7 Å². The molecule has 3 nitrogen and oxygen atoms in total. The number of hydrogen-bond acceptors (Lipinski definition) is 2. The first-order valence-corrected chi connectivity index (χ1v) is 7.42. The van der Waals surface area contributed by atoms with E-state index in [0.29, 0.717) is 17.1 Å². The zero-order valence-electron chi connectivity index (χ0n) is 10.7. The summed E-state index contributed by atoms with van der Waals surface area (Å²) in [6.07, 6.45) is 0. The zero-order valence-corrected chi connectivity index (χ0v) is 13.8. The molecule has 104 valence electrons. The van der Waals surface area contributed by atoms with Gasteiger partial charge in [0.25, 0.3) is 5.56 Å². The van der Waals surface area contributed by atoms with Crippen LogP contribution in [0.25, 0.3) is 0 Å². The molecule has 2 rings (SSSR count). The third-order valence-corrected chi connectivity index (χ3v) is 4.07. The Hall–Kier alpha value is -1.17. The number of aromatic nitrogens is 1. The minimum atomic E-state index is -0.198. The number of hydrogen-bond donors (Lipinski definition) is 1. The maximum absolute atomic E-state index is 12.4. The van der Waals surface area contributed by atoms with Gasteiger partial charge in [-0.25, -0.2) is 0 Å². The van der Waals surface area contributed by atoms with E-state index in [9.17, 15) is 4.79 Å². The van der Waals surface area contributed by atoms with E-state index >= 15 is 0 Å². The molecule has 1 aromatic heterocycles. The molecule has 0 aliphatic heterocycles. The number of rotatable bonds is 3. The monoisotopic (exact) mass is 370 g/mol. The fourth-order valence-corrected chi connectivity index (χ4v) is 2.76. The van der Waals surface area contributed by atoms with E-state index in [1.165, 1.54) is 0 Å². The van der Waals surface area contributed by atoms with Gasteiger partial charge in [-0.1, -0.05) is 45.8 Å². The number of nitrogens with two attached hydrogens (primary N) is 1. The van der Waals surface area contributed by atoms with Crippen LogP contribution in [0.3, 0.4) is 0 Å². The van der Waals surface area contributed by atoms with Crippen molar-refractivity contribution in [1.82, 2.24) is 4.57 Å². The molecule has 0 aliphatic rings. The molecule has 0 spiro atoms. The van der Waals surface area contributed by atoms with E-state index in [-0.39, 0.29) is 10.5 Å². The van der Waals surface area contributed by atoms with Crippen LogP contribution < -0.4 is 11.3 Å². The third-order valence-electron chi connectivity index (χ3n) is 3.00. The van der Waals surface area contributed by atoms with Crippen LogP contribution in [-0.2, 0) is 6.54 Å². The molecule has 0 atom stereocenters. The second-order valence-corrected chi connectivity index (χ2v) is 6.14. The van der Waals surface area contributed by atoms with Gasteiger partial charge in [0, 0.05) is 15.2 Å². The highest BCUT2D eigenvalue weighted by atomic mass is 79.9. The summed E-state index contributed by atoms with van der Waals surface area (Å²) in [4.78, 5) is 12.5. The van der Waals surface area contributed by atoms with E-state index in [0.717, 1.165) is 15.7 Å². The Labute approximate surface area is 135 Å². The molecule has 0 amide bonds. The van der Waals surface area contributed by atoms with Crippen molar-refractivity contribution in [2.75, 3.05) is 0 Å². The number of pyridine rings is 1. The number of benzene rings is 1. The Morgan fingerprint density at radius 1 is 1.40 bits per heavy atom. The van der Waals surface area contributed by atoms with E-state index in [1.807, 2.05) is 25.1 Å². The highest BCUT2D eigenvalue weighted by molar-refractivity contribution is 9.10. The fraction of sp³-hybridized carbons (Fsp3) is 0.143. The molecule has 0 bridgehead atoms. The summed E-state index contributed by atoms with van der Waals surface area (Å²) in [5, 5.41) is 0.603. The average Bonchev–Trinajstić information content (AvgIpc) is 2.36. The van der Waals surface area contributed by atoms with Crippen molar-refractivity contribution < 1.29 is 0 Å². The molecule has 1 heterocycles. The van der Waals surface area contributed by atoms with Gasteiger partial charge in [0.2, 0.25) is 0 Å². The third kappa shape index (κ3) is 3.11. The molecular weight excluding hydrogens is 360 g/mol. The highest BCUT2D eigenvalue weighted by Crippen LogP contribution is 2.22. The quantitative estimate of drug-likeness (QED) is 0.843. The van der Waals surface area contributed by atoms with Gasteiger partial charge in [-0.05, 0) is 36.8 Å². The van der Waals surface area contributed by atoms with Gasteiger partial charge < -0.3 is 10.3 Å². The summed E-state index contributed by atoms with van der Waals surface area (Å²) in [7, 11) is 0. The van der Waals surface area contributed by atoms with E-state index in [4.69, 9.17) is 29.6 Å². The summed E-state index contributed by atoms with van der Waals surface area (Å²) in [5.74, 6) is 0. The van der Waals surface area contributed by atoms with Crippen LogP contribution in [0.4, 0.5) is 0 Å². The van der Waals surface area contributed by atoms with Crippen LogP contribution in [0.2, 0.25) is 5.02 Å². The Morgan fingerprint density at radius 2 is 2.10 bits per heavy atom. The SMILES string of the molecule is Cc1ccc(C(N)=S)c(=O)n1Cc1ccc(Br)cc1Cl. The standard InChI is InChI=1S/C14H12BrClN2OS/c1-8-2-5-11(13(17)20)14(19)18(8)7-9-3-4-10(15)6-12(9)16/h2-6H,7H2,1H3,(H2,17,20). The molecule has 2 aromatic rings. The van der Waals surface area contributed by atoms with Gasteiger partial charge in [0.05, 0.1) is 12.1 Å². The zero-order chi connectivity index (χ0) is 14.9. The Kier molecular flexibility index (Phi) is 4.62. The van der Waals surface area contributed by atoms with Gasteiger partial charge >= 0.3 is 0 Å². The van der Waals surface area contributed by atoms with Crippen LogP contribution in [0.1, 0.15) is 16.8 Å². The lowest BCUT2D eigenvalue weighted by atomic mass is 10.2. The minimum Gasteiger partial charge on any atom is -0.389 e. The lowest BCUT2D eigenvalue weighted by molar-refractivity contribution is 0.728. The first-order valence-electron chi connectivity index (χ1n) is 5.84. The number of thiocarbonyl (C=S) groups is 1. The van der Waals surface area contributed by atoms with Crippen LogP contribution in [0, 0.1) is 6.92 Å². The normalized spacial score (nSPS) is 10.6. The molecule has 0 saturated carbocycles. The van der Waals surface area contributed by atoms with Gasteiger partial charge in [-0.2, -0.15) is 0 Å². The van der Waals surface area contributed by atoms with E-state index in [2.05, 4.69) is 15.9 Å². The first kappa shape index (κ1) is 15.2. The highest BCUT2D eigenvalue weighted by Gasteiger charge is 2.10. The summed E-state index contributed by atoms with van der Waals surface area (Å²) in [5.41, 5.74) is 7.40. The van der Waals surface area contributed by atoms with Crippen LogP contribution in [0.15, 0.2) is 39.6 Å². The summed E-state index contributed by atoms with van der Waals surface area (Å²) in [6, 6.07) is 9.04. The molecule has 0 aliphatic carbocycles. The minimum absolute atomic E-state index is 0.102. The molecule has 1 aromatic carbocycles. The van der Waals surface area contributed by atoms with Gasteiger partial charge in [0.15, 0.2) is 0 Å². The molecule has 0 saturated heterocycles.